The molecule has 35 heavy (non-hydrogen) atoms. The highest BCUT2D eigenvalue weighted by Crippen LogP contribution is 2.29. The first kappa shape index (κ1) is 29.1. The van der Waals surface area contributed by atoms with Crippen molar-refractivity contribution in [1.82, 2.24) is 15.2 Å². The number of nitrogens with zero attached hydrogens (tertiary/aromatic N) is 3. The highest BCUT2D eigenvalue weighted by molar-refractivity contribution is 7.14. The molecule has 2 amide bonds. The van der Waals surface area contributed by atoms with Gasteiger partial charge in [-0.2, -0.15) is 0 Å². The van der Waals surface area contributed by atoms with Gasteiger partial charge < -0.3 is 29.9 Å². The molecule has 0 saturated carbocycles. The van der Waals surface area contributed by atoms with Crippen LogP contribution >= 0.6 is 11.3 Å². The van der Waals surface area contributed by atoms with Crippen molar-refractivity contribution in [3.63, 3.8) is 0 Å². The lowest BCUT2D eigenvalue weighted by atomic mass is 10.2. The largest absolute Gasteiger partial charge is 0.493 e. The van der Waals surface area contributed by atoms with E-state index >= 15 is 0 Å². The molecule has 0 aliphatic heterocycles. The average Bonchev–Trinajstić information content (AvgIpc) is 3.32. The standard InChI is InChI=1S/C18H24N4O4S.C4H4O4/c1-21(2)9-8-19-16(23)13-11-27-18(20-13)22(3)17(24)12-6-7-14(25-4)15(10-12)26-5;5-3(6)1-2-4(7)8/h6-7,10-11H,8-9H2,1-5H3,(H,19,23);1-2H,(H,5,6)(H,7,8)/b;2-1-. The van der Waals surface area contributed by atoms with E-state index in [1.807, 2.05) is 19.0 Å². The molecule has 1 aromatic carbocycles. The van der Waals surface area contributed by atoms with Gasteiger partial charge in [-0.25, -0.2) is 14.6 Å². The Hall–Kier alpha value is -3.97. The minimum Gasteiger partial charge on any atom is -0.493 e. The molecule has 2 aromatic rings. The monoisotopic (exact) mass is 508 g/mol. The summed E-state index contributed by atoms with van der Waals surface area (Å²) in [5.41, 5.74) is 0.725. The van der Waals surface area contributed by atoms with E-state index in [1.165, 1.54) is 30.5 Å². The molecule has 0 aliphatic rings. The van der Waals surface area contributed by atoms with Crippen molar-refractivity contribution in [1.29, 1.82) is 0 Å². The summed E-state index contributed by atoms with van der Waals surface area (Å²) in [7, 11) is 8.53. The van der Waals surface area contributed by atoms with E-state index in [-0.39, 0.29) is 11.8 Å². The molecule has 0 saturated heterocycles. The fraction of sp³-hybridized carbons (Fsp3) is 0.318. The number of likely N-dealkylation sites (N-methyl/N-ethyl adjacent to an activating group) is 1. The zero-order valence-corrected chi connectivity index (χ0v) is 20.8. The molecule has 3 N–H and O–H groups in total. The van der Waals surface area contributed by atoms with Gasteiger partial charge in [-0.3, -0.25) is 14.5 Å². The molecule has 0 atom stereocenters. The van der Waals surface area contributed by atoms with Crippen molar-refractivity contribution in [3.8, 4) is 11.5 Å². The van der Waals surface area contributed by atoms with Crippen LogP contribution in [0.2, 0.25) is 0 Å². The molecule has 1 aromatic heterocycles. The van der Waals surface area contributed by atoms with Crippen LogP contribution in [0.5, 0.6) is 11.5 Å². The SMILES string of the molecule is COc1ccc(C(=O)N(C)c2nc(C(=O)NCCN(C)C)cs2)cc1OC.O=C(O)/C=C\C(=O)O. The van der Waals surface area contributed by atoms with Crippen LogP contribution in [0.1, 0.15) is 20.8 Å². The van der Waals surface area contributed by atoms with E-state index in [2.05, 4.69) is 10.3 Å². The van der Waals surface area contributed by atoms with Gasteiger partial charge in [0, 0.05) is 43.2 Å². The molecule has 1 heterocycles. The number of anilines is 1. The smallest absolute Gasteiger partial charge is 0.328 e. The van der Waals surface area contributed by atoms with E-state index in [1.54, 1.807) is 30.6 Å². The van der Waals surface area contributed by atoms with Crippen LogP contribution < -0.4 is 19.7 Å². The number of carboxylic acid groups (broad SMARTS) is 2. The summed E-state index contributed by atoms with van der Waals surface area (Å²) >= 11 is 1.23. The Balaban J connectivity index is 0.000000658. The molecule has 0 bridgehead atoms. The topological polar surface area (TPSA) is 159 Å². The van der Waals surface area contributed by atoms with Gasteiger partial charge in [0.1, 0.15) is 5.69 Å². The fourth-order valence-electron chi connectivity index (χ4n) is 2.40. The van der Waals surface area contributed by atoms with Crippen molar-refractivity contribution in [2.24, 2.45) is 0 Å². The molecular weight excluding hydrogens is 480 g/mol. The number of amides is 2. The van der Waals surface area contributed by atoms with E-state index < -0.39 is 11.9 Å². The van der Waals surface area contributed by atoms with E-state index in [9.17, 15) is 19.2 Å². The fourth-order valence-corrected chi connectivity index (χ4v) is 3.17. The van der Waals surface area contributed by atoms with Crippen LogP contribution in [-0.2, 0) is 9.59 Å². The van der Waals surface area contributed by atoms with Crippen molar-refractivity contribution >= 4 is 40.2 Å². The summed E-state index contributed by atoms with van der Waals surface area (Å²) in [6, 6.07) is 4.94. The van der Waals surface area contributed by atoms with E-state index in [4.69, 9.17) is 19.7 Å². The second-order valence-corrected chi connectivity index (χ2v) is 7.85. The molecule has 190 valence electrons. The van der Waals surface area contributed by atoms with Crippen LogP contribution in [-0.4, -0.2) is 92.3 Å². The first-order chi connectivity index (χ1) is 16.5. The van der Waals surface area contributed by atoms with Gasteiger partial charge in [0.05, 0.1) is 14.2 Å². The maximum atomic E-state index is 12.7. The maximum absolute atomic E-state index is 12.7. The summed E-state index contributed by atoms with van der Waals surface area (Å²) in [5, 5.41) is 20.5. The van der Waals surface area contributed by atoms with Gasteiger partial charge in [-0.1, -0.05) is 0 Å². The third-order valence-corrected chi connectivity index (χ3v) is 5.08. The van der Waals surface area contributed by atoms with Gasteiger partial charge in [0.2, 0.25) is 0 Å². The number of hydrogen-bond acceptors (Lipinski definition) is 9. The Morgan fingerprint density at radius 1 is 1.03 bits per heavy atom. The van der Waals surface area contributed by atoms with Gasteiger partial charge in [0.15, 0.2) is 16.6 Å². The summed E-state index contributed by atoms with van der Waals surface area (Å²) in [4.78, 5) is 51.6. The molecular formula is C22H28N4O8S. The lowest BCUT2D eigenvalue weighted by molar-refractivity contribution is -0.134. The number of aliphatic carboxylic acids is 2. The van der Waals surface area contributed by atoms with Crippen LogP contribution in [0.25, 0.3) is 0 Å². The first-order valence-electron chi connectivity index (χ1n) is 10.0. The number of carbonyl (C=O) groups excluding carboxylic acids is 2. The molecule has 12 nitrogen and oxygen atoms in total. The molecule has 0 fully saturated rings. The van der Waals surface area contributed by atoms with Gasteiger partial charge in [-0.05, 0) is 32.3 Å². The highest BCUT2D eigenvalue weighted by Gasteiger charge is 2.20. The Morgan fingerprint density at radius 3 is 2.14 bits per heavy atom. The highest BCUT2D eigenvalue weighted by atomic mass is 32.1. The van der Waals surface area contributed by atoms with Gasteiger partial charge in [0.25, 0.3) is 11.8 Å². The normalized spacial score (nSPS) is 10.3. The van der Waals surface area contributed by atoms with E-state index in [0.29, 0.717) is 46.6 Å². The number of aromatic nitrogens is 1. The lowest BCUT2D eigenvalue weighted by Crippen LogP contribution is -2.31. The number of carboxylic acids is 2. The number of ether oxygens (including phenoxy) is 2. The molecule has 0 unspecified atom stereocenters. The third-order valence-electron chi connectivity index (χ3n) is 4.16. The Morgan fingerprint density at radius 2 is 1.63 bits per heavy atom. The minimum absolute atomic E-state index is 0.258. The number of benzene rings is 1. The Kier molecular flexibility index (Phi) is 11.9. The average molecular weight is 509 g/mol. The number of thiazole rings is 1. The number of hydrogen-bond donors (Lipinski definition) is 3. The van der Waals surface area contributed by atoms with Crippen LogP contribution in [0.3, 0.4) is 0 Å². The summed E-state index contributed by atoms with van der Waals surface area (Å²) < 4.78 is 10.4. The maximum Gasteiger partial charge on any atom is 0.328 e. The molecule has 0 spiro atoms. The molecule has 0 aliphatic carbocycles. The third kappa shape index (κ3) is 9.81. The second-order valence-electron chi connectivity index (χ2n) is 7.02. The molecule has 0 radical (unpaired) electrons. The van der Waals surface area contributed by atoms with Crippen molar-refractivity contribution in [3.05, 3.63) is 47.0 Å². The van der Waals surface area contributed by atoms with Gasteiger partial charge in [-0.15, -0.1) is 11.3 Å². The van der Waals surface area contributed by atoms with Gasteiger partial charge >= 0.3 is 11.9 Å². The second kappa shape index (κ2) is 14.3. The Labute approximate surface area is 206 Å². The van der Waals surface area contributed by atoms with Crippen molar-refractivity contribution < 1.29 is 38.9 Å². The zero-order chi connectivity index (χ0) is 26.5. The zero-order valence-electron chi connectivity index (χ0n) is 20.0. The first-order valence-corrected chi connectivity index (χ1v) is 10.9. The quantitative estimate of drug-likeness (QED) is 0.401. The summed E-state index contributed by atoms with van der Waals surface area (Å²) in [6.45, 7) is 1.26. The number of rotatable bonds is 10. The predicted molar refractivity (Wildman–Crippen MR) is 130 cm³/mol. The number of carbonyl (C=O) groups is 4. The summed E-state index contributed by atoms with van der Waals surface area (Å²) in [6.07, 6.45) is 1.12. The summed E-state index contributed by atoms with van der Waals surface area (Å²) in [5.74, 6) is -2.02. The van der Waals surface area contributed by atoms with Crippen molar-refractivity contribution in [2.45, 2.75) is 0 Å². The number of nitrogens with one attached hydrogen (secondary N) is 1. The minimum atomic E-state index is -1.26. The van der Waals surface area contributed by atoms with E-state index in [0.717, 1.165) is 6.54 Å². The van der Waals surface area contributed by atoms with Crippen LogP contribution in [0.4, 0.5) is 5.13 Å². The Bertz CT molecular complexity index is 1050. The van der Waals surface area contributed by atoms with Crippen LogP contribution in [0, 0.1) is 0 Å². The lowest BCUT2D eigenvalue weighted by Gasteiger charge is -2.15. The molecule has 2 rings (SSSR count). The number of methoxy groups -OCH3 is 2. The molecule has 13 heteroatoms. The van der Waals surface area contributed by atoms with Crippen LogP contribution in [0.15, 0.2) is 35.7 Å². The predicted octanol–water partition coefficient (Wildman–Crippen LogP) is 1.44. The van der Waals surface area contributed by atoms with Crippen molar-refractivity contribution in [2.75, 3.05) is 53.4 Å².